The maximum Gasteiger partial charge on any atom is 0.255 e. The third-order valence-electron chi connectivity index (χ3n) is 3.46. The van der Waals surface area contributed by atoms with Crippen LogP contribution in [-0.4, -0.2) is 36.0 Å². The maximum atomic E-state index is 12.4. The Morgan fingerprint density at radius 3 is 2.53 bits per heavy atom. The van der Waals surface area contributed by atoms with Gasteiger partial charge in [0.2, 0.25) is 0 Å². The maximum absolute atomic E-state index is 12.4. The number of amides is 1. The molecular weight excluding hydrogens is 260 g/mol. The van der Waals surface area contributed by atoms with Gasteiger partial charge in [0.15, 0.2) is 0 Å². The minimum absolute atomic E-state index is 0.0496. The van der Waals surface area contributed by atoms with Gasteiger partial charge < -0.3 is 10.2 Å². The molecule has 1 N–H and O–H groups in total. The minimum atomic E-state index is 0.0496. The third-order valence-corrected chi connectivity index (χ3v) is 3.79. The Hall–Kier alpha value is -1.06. The summed E-state index contributed by atoms with van der Waals surface area (Å²) >= 11 is 6.08. The second kappa shape index (κ2) is 6.40. The summed E-state index contributed by atoms with van der Waals surface area (Å²) in [4.78, 5) is 14.3. The SMILES string of the molecule is CC(C)NC1CCN(C(=O)c2ccccc2Cl)CC1. The summed E-state index contributed by atoms with van der Waals surface area (Å²) in [5.41, 5.74) is 0.611. The van der Waals surface area contributed by atoms with Gasteiger partial charge in [0.25, 0.3) is 5.91 Å². The zero-order valence-corrected chi connectivity index (χ0v) is 12.3. The van der Waals surface area contributed by atoms with E-state index in [-0.39, 0.29) is 5.91 Å². The van der Waals surface area contributed by atoms with Crippen molar-refractivity contribution in [3.05, 3.63) is 34.9 Å². The van der Waals surface area contributed by atoms with E-state index in [0.29, 0.717) is 22.7 Å². The van der Waals surface area contributed by atoms with E-state index in [1.165, 1.54) is 0 Å². The van der Waals surface area contributed by atoms with E-state index in [9.17, 15) is 4.79 Å². The summed E-state index contributed by atoms with van der Waals surface area (Å²) in [5.74, 6) is 0.0496. The van der Waals surface area contributed by atoms with Crippen LogP contribution in [0, 0.1) is 0 Å². The van der Waals surface area contributed by atoms with Gasteiger partial charge in [0, 0.05) is 25.2 Å². The van der Waals surface area contributed by atoms with Crippen LogP contribution in [0.3, 0.4) is 0 Å². The molecule has 0 radical (unpaired) electrons. The monoisotopic (exact) mass is 280 g/mol. The molecule has 1 fully saturated rings. The fourth-order valence-electron chi connectivity index (χ4n) is 2.53. The van der Waals surface area contributed by atoms with Crippen LogP contribution in [0.15, 0.2) is 24.3 Å². The second-order valence-electron chi connectivity index (χ2n) is 5.37. The molecule has 0 saturated carbocycles. The lowest BCUT2D eigenvalue weighted by atomic mass is 10.0. The van der Waals surface area contributed by atoms with Gasteiger partial charge in [-0.15, -0.1) is 0 Å². The van der Waals surface area contributed by atoms with Crippen molar-refractivity contribution >= 4 is 17.5 Å². The molecule has 1 heterocycles. The number of nitrogens with one attached hydrogen (secondary N) is 1. The molecule has 3 nitrogen and oxygen atoms in total. The van der Waals surface area contributed by atoms with E-state index >= 15 is 0 Å². The van der Waals surface area contributed by atoms with Crippen LogP contribution in [-0.2, 0) is 0 Å². The van der Waals surface area contributed by atoms with Crippen LogP contribution in [0.5, 0.6) is 0 Å². The van der Waals surface area contributed by atoms with Gasteiger partial charge in [-0.2, -0.15) is 0 Å². The average Bonchev–Trinajstić information content (AvgIpc) is 2.39. The first-order chi connectivity index (χ1) is 9.08. The number of hydrogen-bond acceptors (Lipinski definition) is 2. The van der Waals surface area contributed by atoms with Gasteiger partial charge in [0.05, 0.1) is 10.6 Å². The van der Waals surface area contributed by atoms with Crippen molar-refractivity contribution in [1.29, 1.82) is 0 Å². The summed E-state index contributed by atoms with van der Waals surface area (Å²) in [6.07, 6.45) is 2.02. The first-order valence-corrected chi connectivity index (χ1v) is 7.25. The zero-order valence-electron chi connectivity index (χ0n) is 11.5. The summed E-state index contributed by atoms with van der Waals surface area (Å²) < 4.78 is 0. The molecule has 19 heavy (non-hydrogen) atoms. The second-order valence-corrected chi connectivity index (χ2v) is 5.77. The van der Waals surface area contributed by atoms with Crippen molar-refractivity contribution in [3.8, 4) is 0 Å². The van der Waals surface area contributed by atoms with Crippen molar-refractivity contribution in [1.82, 2.24) is 10.2 Å². The van der Waals surface area contributed by atoms with Crippen molar-refractivity contribution in [3.63, 3.8) is 0 Å². The number of piperidine rings is 1. The smallest absolute Gasteiger partial charge is 0.255 e. The van der Waals surface area contributed by atoms with Crippen LogP contribution >= 0.6 is 11.6 Å². The Morgan fingerprint density at radius 1 is 1.32 bits per heavy atom. The third kappa shape index (κ3) is 3.71. The molecule has 1 aliphatic heterocycles. The summed E-state index contributed by atoms with van der Waals surface area (Å²) in [6.45, 7) is 5.91. The molecule has 0 spiro atoms. The summed E-state index contributed by atoms with van der Waals surface area (Å²) in [7, 11) is 0. The van der Waals surface area contributed by atoms with Crippen molar-refractivity contribution in [2.24, 2.45) is 0 Å². The quantitative estimate of drug-likeness (QED) is 0.923. The molecule has 1 aromatic rings. The van der Waals surface area contributed by atoms with Gasteiger partial charge in [-0.3, -0.25) is 4.79 Å². The molecule has 104 valence electrons. The Kier molecular flexibility index (Phi) is 4.83. The molecule has 1 aliphatic rings. The normalized spacial score (nSPS) is 16.9. The fraction of sp³-hybridized carbons (Fsp3) is 0.533. The largest absolute Gasteiger partial charge is 0.338 e. The predicted octanol–water partition coefficient (Wildman–Crippen LogP) is 2.94. The van der Waals surface area contributed by atoms with E-state index in [2.05, 4.69) is 19.2 Å². The standard InChI is InChI=1S/C15H21ClN2O/c1-11(2)17-12-7-9-18(10-8-12)15(19)13-5-3-4-6-14(13)16/h3-6,11-12,17H,7-10H2,1-2H3. The number of carbonyl (C=O) groups excluding carboxylic acids is 1. The molecule has 0 atom stereocenters. The van der Waals surface area contributed by atoms with Crippen LogP contribution < -0.4 is 5.32 Å². The van der Waals surface area contributed by atoms with E-state index in [1.807, 2.05) is 17.0 Å². The summed E-state index contributed by atoms with van der Waals surface area (Å²) in [5, 5.41) is 4.07. The Balaban J connectivity index is 1.95. The first kappa shape index (κ1) is 14.4. The molecule has 1 aromatic carbocycles. The highest BCUT2D eigenvalue weighted by molar-refractivity contribution is 6.33. The lowest BCUT2D eigenvalue weighted by Gasteiger charge is -2.33. The van der Waals surface area contributed by atoms with E-state index in [1.54, 1.807) is 12.1 Å². The average molecular weight is 281 g/mol. The molecule has 4 heteroatoms. The number of halogens is 1. The first-order valence-electron chi connectivity index (χ1n) is 6.88. The summed E-state index contributed by atoms with van der Waals surface area (Å²) in [6, 6.07) is 8.28. The number of rotatable bonds is 3. The molecule has 1 amide bonds. The van der Waals surface area contributed by atoms with Crippen LogP contribution in [0.4, 0.5) is 0 Å². The molecular formula is C15H21ClN2O. The van der Waals surface area contributed by atoms with Gasteiger partial charge in [-0.1, -0.05) is 37.6 Å². The van der Waals surface area contributed by atoms with E-state index in [4.69, 9.17) is 11.6 Å². The lowest BCUT2D eigenvalue weighted by Crippen LogP contribution is -2.46. The highest BCUT2D eigenvalue weighted by Crippen LogP contribution is 2.20. The molecule has 0 unspecified atom stereocenters. The number of benzene rings is 1. The van der Waals surface area contributed by atoms with Crippen molar-refractivity contribution in [2.75, 3.05) is 13.1 Å². The fourth-order valence-corrected chi connectivity index (χ4v) is 2.74. The number of carbonyl (C=O) groups is 1. The molecule has 0 aliphatic carbocycles. The van der Waals surface area contributed by atoms with E-state index < -0.39 is 0 Å². The molecule has 0 bridgehead atoms. The Morgan fingerprint density at radius 2 is 1.95 bits per heavy atom. The van der Waals surface area contributed by atoms with E-state index in [0.717, 1.165) is 25.9 Å². The van der Waals surface area contributed by atoms with Gasteiger partial charge >= 0.3 is 0 Å². The van der Waals surface area contributed by atoms with Gasteiger partial charge in [0.1, 0.15) is 0 Å². The van der Waals surface area contributed by atoms with Gasteiger partial charge in [-0.05, 0) is 25.0 Å². The van der Waals surface area contributed by atoms with Crippen molar-refractivity contribution < 1.29 is 4.79 Å². The zero-order chi connectivity index (χ0) is 13.8. The van der Waals surface area contributed by atoms with Gasteiger partial charge in [-0.25, -0.2) is 0 Å². The highest BCUT2D eigenvalue weighted by atomic mass is 35.5. The van der Waals surface area contributed by atoms with Crippen molar-refractivity contribution in [2.45, 2.75) is 38.8 Å². The minimum Gasteiger partial charge on any atom is -0.338 e. The Labute approximate surface area is 119 Å². The topological polar surface area (TPSA) is 32.3 Å². The van der Waals surface area contributed by atoms with Crippen LogP contribution in [0.25, 0.3) is 0 Å². The number of hydrogen-bond donors (Lipinski definition) is 1. The molecule has 0 aromatic heterocycles. The van der Waals surface area contributed by atoms with Crippen LogP contribution in [0.2, 0.25) is 5.02 Å². The molecule has 1 saturated heterocycles. The highest BCUT2D eigenvalue weighted by Gasteiger charge is 2.24. The molecule has 2 rings (SSSR count). The number of nitrogens with zero attached hydrogens (tertiary/aromatic N) is 1. The predicted molar refractivity (Wildman–Crippen MR) is 78.6 cm³/mol. The number of likely N-dealkylation sites (tertiary alicyclic amines) is 1. The van der Waals surface area contributed by atoms with Crippen LogP contribution in [0.1, 0.15) is 37.0 Å². The Bertz CT molecular complexity index is 440. The lowest BCUT2D eigenvalue weighted by molar-refractivity contribution is 0.0703.